The highest BCUT2D eigenvalue weighted by atomic mass is 31.2. The van der Waals surface area contributed by atoms with E-state index in [-0.39, 0.29) is 0 Å². The fourth-order valence-electron chi connectivity index (χ4n) is 2.56. The van der Waals surface area contributed by atoms with Crippen molar-refractivity contribution < 1.29 is 0 Å². The smallest absolute Gasteiger partial charge is 0.0291 e. The second-order valence-corrected chi connectivity index (χ2v) is 8.49. The normalized spacial score (nSPS) is 22.5. The van der Waals surface area contributed by atoms with E-state index in [1.807, 2.05) is 0 Å². The molecule has 1 nitrogen and oxygen atoms in total. The van der Waals surface area contributed by atoms with Crippen molar-refractivity contribution in [3.05, 3.63) is 42.0 Å². The van der Waals surface area contributed by atoms with Crippen LogP contribution in [0, 0.1) is 0 Å². The molecule has 1 aliphatic heterocycles. The molecule has 2 rings (SSSR count). The van der Waals surface area contributed by atoms with Crippen LogP contribution in [0.5, 0.6) is 0 Å². The Bertz CT molecular complexity index is 538. The van der Waals surface area contributed by atoms with Gasteiger partial charge in [-0.25, -0.2) is 0 Å². The molecule has 1 heterocycles. The summed E-state index contributed by atoms with van der Waals surface area (Å²) >= 11 is 0. The summed E-state index contributed by atoms with van der Waals surface area (Å²) in [6.45, 7) is 6.84. The molecule has 1 aliphatic rings. The summed E-state index contributed by atoms with van der Waals surface area (Å²) in [6, 6.07) is 10.8. The first kappa shape index (κ1) is 14.3. The Hall–Kier alpha value is -1.07. The van der Waals surface area contributed by atoms with Crippen LogP contribution < -0.4 is 5.30 Å². The minimum Gasteiger partial charge on any atom is -0.267 e. The lowest BCUT2D eigenvalue weighted by Gasteiger charge is -2.25. The van der Waals surface area contributed by atoms with Gasteiger partial charge in [0.15, 0.2) is 0 Å². The van der Waals surface area contributed by atoms with Gasteiger partial charge in [0.1, 0.15) is 0 Å². The van der Waals surface area contributed by atoms with Crippen molar-refractivity contribution in [2.45, 2.75) is 39.5 Å². The largest absolute Gasteiger partial charge is 0.267 e. The van der Waals surface area contributed by atoms with E-state index in [0.717, 1.165) is 6.42 Å². The second-order valence-electron chi connectivity index (χ2n) is 5.25. The molecule has 0 aromatic heterocycles. The maximum absolute atomic E-state index is 5.01. The number of nitrogens with zero attached hydrogens (tertiary/aromatic N) is 1. The second kappa shape index (κ2) is 6.39. The molecule has 0 spiro atoms. The van der Waals surface area contributed by atoms with Gasteiger partial charge >= 0.3 is 0 Å². The number of hydrogen-bond acceptors (Lipinski definition) is 1. The van der Waals surface area contributed by atoms with Gasteiger partial charge < -0.3 is 0 Å². The maximum atomic E-state index is 5.01. The summed E-state index contributed by atoms with van der Waals surface area (Å²) in [4.78, 5) is 0. The van der Waals surface area contributed by atoms with Crippen LogP contribution in [0.4, 0.5) is 0 Å². The topological polar surface area (TPSA) is 12.4 Å². The highest BCUT2D eigenvalue weighted by Crippen LogP contribution is 2.48. The van der Waals surface area contributed by atoms with Crippen molar-refractivity contribution in [2.75, 3.05) is 6.66 Å². The zero-order chi connectivity index (χ0) is 13.7. The fourth-order valence-corrected chi connectivity index (χ4v) is 5.38. The summed E-state index contributed by atoms with van der Waals surface area (Å²) in [5, 5.41) is 2.97. The molecule has 1 atom stereocenters. The Morgan fingerprint density at radius 3 is 2.32 bits per heavy atom. The van der Waals surface area contributed by atoms with Crippen molar-refractivity contribution >= 4 is 23.8 Å². The average molecular weight is 273 g/mol. The van der Waals surface area contributed by atoms with E-state index in [1.54, 1.807) is 5.29 Å². The van der Waals surface area contributed by atoms with Crippen LogP contribution in [-0.2, 0) is 0 Å². The lowest BCUT2D eigenvalue weighted by molar-refractivity contribution is 0.938. The Morgan fingerprint density at radius 1 is 1.00 bits per heavy atom. The molecular weight excluding hydrogens is 249 g/mol. The third kappa shape index (κ3) is 3.09. The number of allylic oxidation sites excluding steroid dienone is 2. The van der Waals surface area contributed by atoms with E-state index in [1.165, 1.54) is 30.1 Å². The highest BCUT2D eigenvalue weighted by molar-refractivity contribution is 7.81. The molecule has 1 aromatic rings. The van der Waals surface area contributed by atoms with E-state index >= 15 is 0 Å². The molecule has 1 unspecified atom stereocenters. The van der Waals surface area contributed by atoms with Crippen LogP contribution >= 0.6 is 7.04 Å². The van der Waals surface area contributed by atoms with Gasteiger partial charge in [-0.1, -0.05) is 63.1 Å². The number of hydrogen-bond donors (Lipinski definition) is 0. The van der Waals surface area contributed by atoms with Crippen LogP contribution in [0.1, 0.15) is 39.5 Å². The van der Waals surface area contributed by atoms with Crippen molar-refractivity contribution in [1.29, 1.82) is 0 Å². The first-order chi connectivity index (χ1) is 9.20. The average Bonchev–Trinajstić information content (AvgIpc) is 2.44. The van der Waals surface area contributed by atoms with Crippen LogP contribution in [-0.4, -0.2) is 18.2 Å². The zero-order valence-corrected chi connectivity index (χ0v) is 13.2. The predicted octanol–water partition coefficient (Wildman–Crippen LogP) is 4.66. The standard InChI is InChI=1S/C17H24NP/c1-4-9-15-13-17(10-5-2)19(3,18-14-15)16-11-7-6-8-12-16/h6-8,11-14H,4-5,9-10H2,1-3H3. The summed E-state index contributed by atoms with van der Waals surface area (Å²) in [7, 11) is -1.49. The van der Waals surface area contributed by atoms with Gasteiger partial charge in [0.25, 0.3) is 0 Å². The van der Waals surface area contributed by atoms with Gasteiger partial charge in [0, 0.05) is 13.3 Å². The Labute approximate surface area is 117 Å². The Morgan fingerprint density at radius 2 is 1.68 bits per heavy atom. The monoisotopic (exact) mass is 273 g/mol. The molecule has 0 N–H and O–H groups in total. The molecular formula is C17H24NP. The fraction of sp³-hybridized carbons (Fsp3) is 0.412. The van der Waals surface area contributed by atoms with E-state index in [0.29, 0.717) is 0 Å². The van der Waals surface area contributed by atoms with Crippen LogP contribution in [0.2, 0.25) is 0 Å². The number of benzene rings is 1. The quantitative estimate of drug-likeness (QED) is 0.692. The van der Waals surface area contributed by atoms with Gasteiger partial charge in [0.2, 0.25) is 0 Å². The molecule has 0 bridgehead atoms. The highest BCUT2D eigenvalue weighted by Gasteiger charge is 2.20. The summed E-state index contributed by atoms with van der Waals surface area (Å²) in [6.07, 6.45) is 9.26. The van der Waals surface area contributed by atoms with Crippen LogP contribution in [0.3, 0.4) is 0 Å². The zero-order valence-electron chi connectivity index (χ0n) is 12.3. The third-order valence-electron chi connectivity index (χ3n) is 3.67. The lowest BCUT2D eigenvalue weighted by atomic mass is 10.1. The Kier molecular flexibility index (Phi) is 4.82. The SMILES string of the molecule is CCCC1=CC(CCC)=P(C)(c2ccccc2)N=C1. The maximum Gasteiger partial charge on any atom is 0.0291 e. The minimum absolute atomic E-state index is 1.14. The third-order valence-corrected chi connectivity index (χ3v) is 7.02. The predicted molar refractivity (Wildman–Crippen MR) is 90.3 cm³/mol. The van der Waals surface area contributed by atoms with Crippen molar-refractivity contribution in [3.63, 3.8) is 0 Å². The summed E-state index contributed by atoms with van der Waals surface area (Å²) < 4.78 is 5.01. The molecule has 0 aliphatic carbocycles. The molecule has 19 heavy (non-hydrogen) atoms. The van der Waals surface area contributed by atoms with Gasteiger partial charge in [-0.3, -0.25) is 4.76 Å². The summed E-state index contributed by atoms with van der Waals surface area (Å²) in [5.41, 5.74) is 1.40. The molecule has 0 fully saturated rings. The first-order valence-corrected chi connectivity index (χ1v) is 9.44. The van der Waals surface area contributed by atoms with Gasteiger partial charge in [-0.2, -0.15) is 0 Å². The van der Waals surface area contributed by atoms with Crippen LogP contribution in [0.25, 0.3) is 0 Å². The van der Waals surface area contributed by atoms with Crippen LogP contribution in [0.15, 0.2) is 46.7 Å². The molecule has 0 radical (unpaired) electrons. The lowest BCUT2D eigenvalue weighted by Crippen LogP contribution is -2.13. The molecule has 0 amide bonds. The van der Waals surface area contributed by atoms with Gasteiger partial charge in [-0.15, -0.1) is 0 Å². The molecule has 0 saturated heterocycles. The molecule has 102 valence electrons. The van der Waals surface area contributed by atoms with Crippen molar-refractivity contribution in [1.82, 2.24) is 0 Å². The van der Waals surface area contributed by atoms with Crippen molar-refractivity contribution in [2.24, 2.45) is 4.76 Å². The Balaban J connectivity index is 2.51. The summed E-state index contributed by atoms with van der Waals surface area (Å²) in [5.74, 6) is 0. The van der Waals surface area contributed by atoms with E-state index in [2.05, 4.69) is 63.1 Å². The van der Waals surface area contributed by atoms with Gasteiger partial charge in [-0.05, 0) is 35.7 Å². The molecule has 1 aromatic carbocycles. The van der Waals surface area contributed by atoms with E-state index in [9.17, 15) is 0 Å². The minimum atomic E-state index is -1.49. The van der Waals surface area contributed by atoms with E-state index < -0.39 is 7.04 Å². The van der Waals surface area contributed by atoms with Gasteiger partial charge in [0.05, 0.1) is 0 Å². The molecule has 0 saturated carbocycles. The first-order valence-electron chi connectivity index (χ1n) is 7.25. The van der Waals surface area contributed by atoms with E-state index in [4.69, 9.17) is 4.76 Å². The van der Waals surface area contributed by atoms with Crippen molar-refractivity contribution in [3.8, 4) is 0 Å². The molecule has 2 heteroatoms. The number of rotatable bonds is 5.